The number of ether oxygens (including phenoxy) is 1. The van der Waals surface area contributed by atoms with Crippen LogP contribution in [-0.4, -0.2) is 42.3 Å². The summed E-state index contributed by atoms with van der Waals surface area (Å²) in [6.07, 6.45) is 1.59. The van der Waals surface area contributed by atoms with Crippen LogP contribution in [0.4, 0.5) is 5.95 Å². The van der Waals surface area contributed by atoms with Crippen molar-refractivity contribution >= 4 is 28.5 Å². The van der Waals surface area contributed by atoms with Gasteiger partial charge in [0.25, 0.3) is 5.56 Å². The van der Waals surface area contributed by atoms with Gasteiger partial charge < -0.3 is 15.0 Å². The van der Waals surface area contributed by atoms with E-state index in [4.69, 9.17) is 16.3 Å². The number of aromatic nitrogens is 7. The smallest absolute Gasteiger partial charge is 0.253 e. The molecule has 2 N–H and O–H groups in total. The number of aromatic amines is 1. The van der Waals surface area contributed by atoms with Crippen LogP contribution in [0.1, 0.15) is 24.4 Å². The molecule has 1 aromatic carbocycles. The third kappa shape index (κ3) is 3.61. The Hall–Kier alpha value is -3.53. The average molecular weight is 413 g/mol. The summed E-state index contributed by atoms with van der Waals surface area (Å²) < 4.78 is 6.70. The fourth-order valence-corrected chi connectivity index (χ4v) is 3.20. The van der Waals surface area contributed by atoms with Gasteiger partial charge in [-0.1, -0.05) is 11.6 Å². The summed E-state index contributed by atoms with van der Waals surface area (Å²) in [5, 5.41) is 15.8. The minimum atomic E-state index is -0.366. The molecule has 0 amide bonds. The standard InChI is InChI=1S/C18H17ClN8O2/c1-9(21-18-20-5-4-16(23-18)27-10(2)24-25-26-27)12-6-11-7-13(19)15(29-3)8-14(11)22-17(12)28/h4-9H,1-3H3,(H,22,28)(H,20,21,23)/t9-/m0/s1. The van der Waals surface area contributed by atoms with E-state index in [1.54, 1.807) is 37.4 Å². The minimum Gasteiger partial charge on any atom is -0.495 e. The Morgan fingerprint density at radius 3 is 2.86 bits per heavy atom. The number of hydrogen-bond acceptors (Lipinski definition) is 8. The van der Waals surface area contributed by atoms with E-state index < -0.39 is 0 Å². The highest BCUT2D eigenvalue weighted by Crippen LogP contribution is 2.29. The number of benzene rings is 1. The van der Waals surface area contributed by atoms with Crippen molar-refractivity contribution in [2.24, 2.45) is 0 Å². The predicted molar refractivity (Wildman–Crippen MR) is 108 cm³/mol. The molecule has 3 aromatic heterocycles. The third-order valence-electron chi connectivity index (χ3n) is 4.44. The molecule has 0 spiro atoms. The quantitative estimate of drug-likeness (QED) is 0.512. The van der Waals surface area contributed by atoms with Crippen molar-refractivity contribution in [3.8, 4) is 11.6 Å². The first-order valence-electron chi connectivity index (χ1n) is 8.71. The monoisotopic (exact) mass is 412 g/mol. The van der Waals surface area contributed by atoms with Crippen molar-refractivity contribution in [3.05, 3.63) is 57.2 Å². The number of tetrazole rings is 1. The van der Waals surface area contributed by atoms with Crippen LogP contribution >= 0.6 is 11.6 Å². The van der Waals surface area contributed by atoms with E-state index in [-0.39, 0.29) is 11.6 Å². The van der Waals surface area contributed by atoms with Crippen molar-refractivity contribution in [3.63, 3.8) is 0 Å². The van der Waals surface area contributed by atoms with E-state index >= 15 is 0 Å². The Labute approximate surface area is 169 Å². The number of halogens is 1. The average Bonchev–Trinajstić information content (AvgIpc) is 3.13. The summed E-state index contributed by atoms with van der Waals surface area (Å²) in [5.74, 6) is 1.96. The first-order chi connectivity index (χ1) is 14.0. The molecule has 0 saturated heterocycles. The maximum atomic E-state index is 12.6. The molecular formula is C18H17ClN8O2. The van der Waals surface area contributed by atoms with E-state index in [1.807, 2.05) is 6.92 Å². The van der Waals surface area contributed by atoms with Crippen molar-refractivity contribution in [1.82, 2.24) is 35.2 Å². The van der Waals surface area contributed by atoms with Crippen molar-refractivity contribution < 1.29 is 4.74 Å². The topological polar surface area (TPSA) is 124 Å². The molecule has 148 valence electrons. The van der Waals surface area contributed by atoms with Crippen LogP contribution < -0.4 is 15.6 Å². The zero-order chi connectivity index (χ0) is 20.5. The van der Waals surface area contributed by atoms with Gasteiger partial charge in [-0.15, -0.1) is 5.10 Å². The zero-order valence-electron chi connectivity index (χ0n) is 15.8. The zero-order valence-corrected chi connectivity index (χ0v) is 16.6. The van der Waals surface area contributed by atoms with Crippen molar-refractivity contribution in [1.29, 1.82) is 0 Å². The van der Waals surface area contributed by atoms with E-state index in [1.165, 1.54) is 11.8 Å². The SMILES string of the molecule is COc1cc2[nH]c(=O)c([C@H](C)Nc3nccc(-n4nnnc4C)n3)cc2cc1Cl. The summed E-state index contributed by atoms with van der Waals surface area (Å²) in [5.41, 5.74) is 0.931. The van der Waals surface area contributed by atoms with Gasteiger partial charge in [-0.05, 0) is 36.4 Å². The second kappa shape index (κ2) is 7.47. The fourth-order valence-electron chi connectivity index (χ4n) is 2.95. The second-order valence-electron chi connectivity index (χ2n) is 6.37. The number of nitrogens with one attached hydrogen (secondary N) is 2. The number of H-pyrrole nitrogens is 1. The molecule has 29 heavy (non-hydrogen) atoms. The Morgan fingerprint density at radius 1 is 1.31 bits per heavy atom. The van der Waals surface area contributed by atoms with Gasteiger partial charge in [0.1, 0.15) is 5.75 Å². The largest absolute Gasteiger partial charge is 0.495 e. The molecule has 0 aliphatic rings. The highest BCUT2D eigenvalue weighted by Gasteiger charge is 2.15. The van der Waals surface area contributed by atoms with Gasteiger partial charge >= 0.3 is 0 Å². The van der Waals surface area contributed by atoms with E-state index in [9.17, 15) is 4.79 Å². The lowest BCUT2D eigenvalue weighted by atomic mass is 10.1. The van der Waals surface area contributed by atoms with Gasteiger partial charge in [0.15, 0.2) is 11.6 Å². The lowest BCUT2D eigenvalue weighted by Gasteiger charge is -2.15. The lowest BCUT2D eigenvalue weighted by Crippen LogP contribution is -2.20. The van der Waals surface area contributed by atoms with Gasteiger partial charge in [-0.3, -0.25) is 4.79 Å². The highest BCUT2D eigenvalue weighted by molar-refractivity contribution is 6.32. The van der Waals surface area contributed by atoms with Crippen LogP contribution in [0, 0.1) is 6.92 Å². The number of nitrogens with zero attached hydrogens (tertiary/aromatic N) is 6. The van der Waals surface area contributed by atoms with Gasteiger partial charge in [0.2, 0.25) is 5.95 Å². The van der Waals surface area contributed by atoms with Crippen LogP contribution in [0.5, 0.6) is 5.75 Å². The Bertz CT molecular complexity index is 1250. The molecule has 3 heterocycles. The molecule has 1 atom stereocenters. The van der Waals surface area contributed by atoms with Crippen molar-refractivity contribution in [2.45, 2.75) is 19.9 Å². The highest BCUT2D eigenvalue weighted by atomic mass is 35.5. The third-order valence-corrected chi connectivity index (χ3v) is 4.74. The molecule has 0 unspecified atom stereocenters. The number of methoxy groups -OCH3 is 1. The molecule has 0 aliphatic carbocycles. The summed E-state index contributed by atoms with van der Waals surface area (Å²) in [6, 6.07) is 6.56. The van der Waals surface area contributed by atoms with Gasteiger partial charge in [-0.25, -0.2) is 4.98 Å². The lowest BCUT2D eigenvalue weighted by molar-refractivity contribution is 0.415. The molecular weight excluding hydrogens is 396 g/mol. The molecule has 10 nitrogen and oxygen atoms in total. The van der Waals surface area contributed by atoms with Crippen LogP contribution in [0.3, 0.4) is 0 Å². The second-order valence-corrected chi connectivity index (χ2v) is 6.78. The number of rotatable bonds is 5. The van der Waals surface area contributed by atoms with Crippen LogP contribution in [0.2, 0.25) is 5.02 Å². The van der Waals surface area contributed by atoms with Crippen molar-refractivity contribution in [2.75, 3.05) is 12.4 Å². The summed E-state index contributed by atoms with van der Waals surface area (Å²) in [4.78, 5) is 24.1. The molecule has 0 aliphatic heterocycles. The number of anilines is 1. The molecule has 4 aromatic rings. The van der Waals surface area contributed by atoms with Gasteiger partial charge in [0.05, 0.1) is 23.7 Å². The number of pyridine rings is 1. The normalized spacial score (nSPS) is 12.1. The van der Waals surface area contributed by atoms with Crippen LogP contribution in [0.25, 0.3) is 16.7 Å². The number of hydrogen-bond donors (Lipinski definition) is 2. The summed E-state index contributed by atoms with van der Waals surface area (Å²) >= 11 is 6.21. The maximum Gasteiger partial charge on any atom is 0.253 e. The molecule has 0 radical (unpaired) electrons. The fraction of sp³-hybridized carbons (Fsp3) is 0.222. The Kier molecular flexibility index (Phi) is 4.85. The van der Waals surface area contributed by atoms with E-state index in [0.717, 1.165) is 5.39 Å². The first kappa shape index (κ1) is 18.8. The Balaban J connectivity index is 1.66. The molecule has 0 bridgehead atoms. The maximum absolute atomic E-state index is 12.6. The van der Waals surface area contributed by atoms with Gasteiger partial charge in [-0.2, -0.15) is 9.67 Å². The van der Waals surface area contributed by atoms with Gasteiger partial charge in [0, 0.05) is 29.3 Å². The summed E-state index contributed by atoms with van der Waals surface area (Å²) in [7, 11) is 1.52. The molecule has 4 rings (SSSR count). The first-order valence-corrected chi connectivity index (χ1v) is 9.09. The van der Waals surface area contributed by atoms with E-state index in [0.29, 0.717) is 39.4 Å². The molecule has 0 saturated carbocycles. The van der Waals surface area contributed by atoms with Crippen LogP contribution in [-0.2, 0) is 0 Å². The molecule has 0 fully saturated rings. The predicted octanol–water partition coefficient (Wildman–Crippen LogP) is 2.44. The number of aryl methyl sites for hydroxylation is 1. The minimum absolute atomic E-state index is 0.227. The molecule has 11 heteroatoms. The Morgan fingerprint density at radius 2 is 2.14 bits per heavy atom. The van der Waals surface area contributed by atoms with E-state index in [2.05, 4.69) is 35.8 Å². The summed E-state index contributed by atoms with van der Waals surface area (Å²) in [6.45, 7) is 3.62. The number of fused-ring (bicyclic) bond motifs is 1. The van der Waals surface area contributed by atoms with Crippen LogP contribution in [0.15, 0.2) is 35.3 Å².